The van der Waals surface area contributed by atoms with Gasteiger partial charge in [0.15, 0.2) is 0 Å². The van der Waals surface area contributed by atoms with Crippen molar-refractivity contribution >= 4 is 26.4 Å². The van der Waals surface area contributed by atoms with E-state index in [1.807, 2.05) is 9.88 Å². The summed E-state index contributed by atoms with van der Waals surface area (Å²) in [4.78, 5) is 28.0. The smallest absolute Gasteiger partial charge is 0.0654 e. The van der Waals surface area contributed by atoms with Gasteiger partial charge < -0.3 is 0 Å². The first-order valence-electron chi connectivity index (χ1n) is 12.6. The van der Waals surface area contributed by atoms with Gasteiger partial charge in [0.1, 0.15) is 0 Å². The molecular weight excluding hydrogens is 455 g/mol. The van der Waals surface area contributed by atoms with Crippen molar-refractivity contribution in [2.75, 3.05) is 0 Å². The van der Waals surface area contributed by atoms with Gasteiger partial charge in [-0.25, -0.2) is 0 Å². The summed E-state index contributed by atoms with van der Waals surface area (Å²) in [5.74, 6) is 0.433. The minimum atomic E-state index is -0.222. The molecule has 0 amide bonds. The standard InChI is InChI=1S/C26H44O4Se/c1-3-5-7-9-11-13-15-17-19-25(27)29-23-21-31-22-24(23)30-26(28)20-18-16-14-12-10-8-6-4-2/h21-22H,3-20H2,1-2H3. The van der Waals surface area contributed by atoms with Gasteiger partial charge in [-0.3, -0.25) is 0 Å². The molecule has 0 bridgehead atoms. The molecule has 4 nitrogen and oxygen atoms in total. The third-order valence-corrected chi connectivity index (χ3v) is 6.98. The van der Waals surface area contributed by atoms with Crippen LogP contribution in [0.1, 0.15) is 129 Å². The van der Waals surface area contributed by atoms with Crippen LogP contribution in [0, 0.1) is 0 Å². The van der Waals surface area contributed by atoms with Crippen LogP contribution in [-0.4, -0.2) is 26.4 Å². The second kappa shape index (κ2) is 19.6. The first-order chi connectivity index (χ1) is 15.2. The molecule has 0 aliphatic rings. The molecule has 0 N–H and O–H groups in total. The Labute approximate surface area is 196 Å². The van der Waals surface area contributed by atoms with Crippen LogP contribution in [0.2, 0.25) is 0 Å². The predicted octanol–water partition coefficient (Wildman–Crippen LogP) is 7.62. The molecule has 0 aromatic carbocycles. The molecule has 0 unspecified atom stereocenters. The number of hydrogen-bond acceptors (Lipinski definition) is 4. The number of rotatable bonds is 20. The third-order valence-electron chi connectivity index (χ3n) is 5.51. The van der Waals surface area contributed by atoms with E-state index in [1.165, 1.54) is 77.0 Å². The van der Waals surface area contributed by atoms with Crippen molar-refractivity contribution in [1.29, 1.82) is 0 Å². The zero-order valence-electron chi connectivity index (χ0n) is 19.9. The fourth-order valence-corrected chi connectivity index (χ4v) is 4.93. The number of esters is 2. The van der Waals surface area contributed by atoms with Crippen molar-refractivity contribution < 1.29 is 19.1 Å². The SMILES string of the molecule is CCCCCCCCCCC(=O)Oc1c[se]cc1OC(=O)CCCCCCCCCC. The summed E-state index contributed by atoms with van der Waals surface area (Å²) < 4.78 is 10.9. The van der Waals surface area contributed by atoms with Crippen LogP contribution in [0.3, 0.4) is 0 Å². The van der Waals surface area contributed by atoms with Gasteiger partial charge in [0, 0.05) is 0 Å². The number of unbranched alkanes of at least 4 members (excludes halogenated alkanes) is 14. The topological polar surface area (TPSA) is 52.6 Å². The first kappa shape index (κ1) is 28.0. The fraction of sp³-hybridized carbons (Fsp3) is 0.769. The molecule has 31 heavy (non-hydrogen) atoms. The van der Waals surface area contributed by atoms with Gasteiger partial charge in [-0.2, -0.15) is 0 Å². The van der Waals surface area contributed by atoms with E-state index in [0.29, 0.717) is 24.3 Å². The summed E-state index contributed by atoms with van der Waals surface area (Å²) >= 11 is 0.0855. The van der Waals surface area contributed by atoms with Gasteiger partial charge in [-0.05, 0) is 0 Å². The zero-order valence-corrected chi connectivity index (χ0v) is 21.6. The molecule has 1 rings (SSSR count). The Bertz CT molecular complexity index is 533. The predicted molar refractivity (Wildman–Crippen MR) is 129 cm³/mol. The third kappa shape index (κ3) is 15.4. The number of carbonyl (C=O) groups excluding carboxylic acids is 2. The van der Waals surface area contributed by atoms with Gasteiger partial charge in [-0.1, -0.05) is 26.7 Å². The second-order valence-electron chi connectivity index (χ2n) is 8.50. The van der Waals surface area contributed by atoms with Gasteiger partial charge in [0.25, 0.3) is 0 Å². The first-order valence-corrected chi connectivity index (χ1v) is 14.6. The molecule has 0 atom stereocenters. The van der Waals surface area contributed by atoms with Crippen LogP contribution in [0.5, 0.6) is 11.5 Å². The Morgan fingerprint density at radius 3 is 1.26 bits per heavy atom. The normalized spacial score (nSPS) is 10.9. The van der Waals surface area contributed by atoms with Crippen LogP contribution in [0.4, 0.5) is 0 Å². The number of hydrogen-bond donors (Lipinski definition) is 0. The van der Waals surface area contributed by atoms with E-state index in [0.717, 1.165) is 25.7 Å². The van der Waals surface area contributed by atoms with E-state index < -0.39 is 0 Å². The zero-order chi connectivity index (χ0) is 22.6. The number of carbonyl (C=O) groups is 2. The van der Waals surface area contributed by atoms with Gasteiger partial charge >= 0.3 is 170 Å². The Balaban J connectivity index is 2.13. The summed E-state index contributed by atoms with van der Waals surface area (Å²) in [5.41, 5.74) is 0. The molecule has 1 heterocycles. The Kier molecular flexibility index (Phi) is 17.7. The molecule has 0 aliphatic carbocycles. The summed E-state index contributed by atoms with van der Waals surface area (Å²) in [6, 6.07) is 0. The molecular formula is C26H44O4Se. The molecule has 0 aliphatic heterocycles. The van der Waals surface area contributed by atoms with E-state index in [4.69, 9.17) is 9.47 Å². The van der Waals surface area contributed by atoms with Crippen molar-refractivity contribution in [3.05, 3.63) is 9.88 Å². The van der Waals surface area contributed by atoms with Crippen LogP contribution < -0.4 is 9.47 Å². The second-order valence-corrected chi connectivity index (χ2v) is 10.1. The minimum absolute atomic E-state index is 0.0855. The van der Waals surface area contributed by atoms with Crippen LogP contribution in [-0.2, 0) is 9.59 Å². The maximum atomic E-state index is 12.1. The van der Waals surface area contributed by atoms with E-state index in [9.17, 15) is 9.59 Å². The molecule has 0 saturated carbocycles. The Hall–Kier alpha value is -1.06. The van der Waals surface area contributed by atoms with Gasteiger partial charge in [0.2, 0.25) is 0 Å². The van der Waals surface area contributed by atoms with Crippen molar-refractivity contribution in [3.63, 3.8) is 0 Å². The van der Waals surface area contributed by atoms with Gasteiger partial charge in [-0.15, -0.1) is 0 Å². The Morgan fingerprint density at radius 2 is 0.903 bits per heavy atom. The summed E-state index contributed by atoms with van der Waals surface area (Å²) in [7, 11) is 0. The molecule has 0 radical (unpaired) electrons. The molecule has 1 aromatic heterocycles. The van der Waals surface area contributed by atoms with E-state index in [-0.39, 0.29) is 26.4 Å². The van der Waals surface area contributed by atoms with Crippen molar-refractivity contribution in [2.45, 2.75) is 129 Å². The van der Waals surface area contributed by atoms with Crippen molar-refractivity contribution in [2.24, 2.45) is 0 Å². The quantitative estimate of drug-likeness (QED) is 0.105. The minimum Gasteiger partial charge on any atom is -0.0654 e. The summed E-state index contributed by atoms with van der Waals surface area (Å²) in [5, 5.41) is 0. The molecule has 178 valence electrons. The molecule has 0 saturated heterocycles. The van der Waals surface area contributed by atoms with E-state index >= 15 is 0 Å². The molecule has 1 aromatic rings. The van der Waals surface area contributed by atoms with Crippen LogP contribution in [0.15, 0.2) is 9.88 Å². The summed E-state index contributed by atoms with van der Waals surface area (Å²) in [6.45, 7) is 4.46. The van der Waals surface area contributed by atoms with Crippen LogP contribution in [0.25, 0.3) is 0 Å². The molecule has 0 spiro atoms. The average molecular weight is 500 g/mol. The van der Waals surface area contributed by atoms with E-state index in [2.05, 4.69) is 13.8 Å². The van der Waals surface area contributed by atoms with Crippen molar-refractivity contribution in [3.8, 4) is 11.5 Å². The average Bonchev–Trinajstić information content (AvgIpc) is 3.18. The van der Waals surface area contributed by atoms with Gasteiger partial charge in [0.05, 0.1) is 0 Å². The van der Waals surface area contributed by atoms with Crippen molar-refractivity contribution in [1.82, 2.24) is 0 Å². The molecule has 0 fully saturated rings. The van der Waals surface area contributed by atoms with Crippen LogP contribution >= 0.6 is 0 Å². The van der Waals surface area contributed by atoms with E-state index in [1.54, 1.807) is 0 Å². The monoisotopic (exact) mass is 500 g/mol. The Morgan fingerprint density at radius 1 is 0.581 bits per heavy atom. The maximum absolute atomic E-state index is 12.1. The number of ether oxygens (including phenoxy) is 2. The molecule has 5 heteroatoms. The fourth-order valence-electron chi connectivity index (χ4n) is 3.58. The summed E-state index contributed by atoms with van der Waals surface area (Å²) in [6.07, 6.45) is 20.0.